The zero-order chi connectivity index (χ0) is 20.4. The van der Waals surface area contributed by atoms with Crippen molar-refractivity contribution in [2.45, 2.75) is 38.9 Å². The number of aromatic amines is 1. The van der Waals surface area contributed by atoms with Gasteiger partial charge in [-0.25, -0.2) is 0 Å². The lowest BCUT2D eigenvalue weighted by molar-refractivity contribution is 0.00578. The molecular weight excluding hydrogens is 363 g/mol. The Morgan fingerprint density at radius 3 is 2.45 bits per heavy atom. The number of hydrogen-bond acceptors (Lipinski definition) is 3. The number of hydrogen-bond donors (Lipinski definition) is 1. The fourth-order valence-corrected chi connectivity index (χ4v) is 3.85. The molecule has 1 saturated heterocycles. The number of benzene rings is 2. The van der Waals surface area contributed by atoms with Crippen molar-refractivity contribution in [3.05, 3.63) is 71.3 Å². The van der Waals surface area contributed by atoms with Gasteiger partial charge in [0.25, 0.3) is 5.56 Å². The second-order valence-corrected chi connectivity index (χ2v) is 8.64. The van der Waals surface area contributed by atoms with Crippen LogP contribution >= 0.6 is 0 Å². The average molecular weight is 386 g/mol. The van der Waals surface area contributed by atoms with Crippen LogP contribution in [0, 0.1) is 0 Å². The molecule has 0 saturated carbocycles. The van der Waals surface area contributed by atoms with E-state index in [1.54, 1.807) is 4.57 Å². The van der Waals surface area contributed by atoms with Crippen molar-refractivity contribution in [3.63, 3.8) is 0 Å². The van der Waals surface area contributed by atoms with Gasteiger partial charge in [0.15, 0.2) is 0 Å². The second kappa shape index (κ2) is 6.08. The van der Waals surface area contributed by atoms with Gasteiger partial charge in [-0.3, -0.25) is 9.36 Å². The zero-order valence-electron chi connectivity index (χ0n) is 17.0. The van der Waals surface area contributed by atoms with E-state index < -0.39 is 18.3 Å². The molecule has 4 aromatic rings. The maximum absolute atomic E-state index is 13.4. The Bertz CT molecular complexity index is 1290. The second-order valence-electron chi connectivity index (χ2n) is 8.64. The normalized spacial score (nSPS) is 18.0. The lowest BCUT2D eigenvalue weighted by Gasteiger charge is -2.32. The summed E-state index contributed by atoms with van der Waals surface area (Å²) in [6.07, 6.45) is 3.72. The van der Waals surface area contributed by atoms with E-state index in [2.05, 4.69) is 4.98 Å². The first-order valence-electron chi connectivity index (χ1n) is 9.84. The first-order chi connectivity index (χ1) is 13.8. The van der Waals surface area contributed by atoms with Gasteiger partial charge >= 0.3 is 7.12 Å². The highest BCUT2D eigenvalue weighted by Crippen LogP contribution is 2.36. The summed E-state index contributed by atoms with van der Waals surface area (Å²) in [6.45, 7) is 8.11. The Hall–Kier alpha value is -2.83. The third kappa shape index (κ3) is 2.75. The highest BCUT2D eigenvalue weighted by molar-refractivity contribution is 6.62. The molecule has 1 N–H and O–H groups in total. The van der Waals surface area contributed by atoms with Crippen molar-refractivity contribution in [2.75, 3.05) is 0 Å². The lowest BCUT2D eigenvalue weighted by atomic mass is 9.78. The van der Waals surface area contributed by atoms with Crippen molar-refractivity contribution >= 4 is 34.3 Å². The summed E-state index contributed by atoms with van der Waals surface area (Å²) in [5.74, 6) is 0. The Balaban J connectivity index is 1.65. The molecule has 5 rings (SSSR count). The number of nitrogens with one attached hydrogen (secondary N) is 1. The SMILES string of the molecule is CC1(C)OB(c2ccc3ccn(-c4cccc5[nH]ccc45)c(=O)c3c2)OC1(C)C. The molecule has 0 aliphatic carbocycles. The largest absolute Gasteiger partial charge is 0.494 e. The fraction of sp³-hybridized carbons (Fsp3) is 0.261. The van der Waals surface area contributed by atoms with Crippen LogP contribution in [0.5, 0.6) is 0 Å². The molecule has 0 atom stereocenters. The van der Waals surface area contributed by atoms with Crippen molar-refractivity contribution < 1.29 is 9.31 Å². The first-order valence-corrected chi connectivity index (χ1v) is 9.84. The van der Waals surface area contributed by atoms with Gasteiger partial charge in [-0.2, -0.15) is 0 Å². The summed E-state index contributed by atoms with van der Waals surface area (Å²) >= 11 is 0. The Morgan fingerprint density at radius 2 is 1.69 bits per heavy atom. The van der Waals surface area contributed by atoms with Crippen molar-refractivity contribution in [3.8, 4) is 5.69 Å². The summed E-state index contributed by atoms with van der Waals surface area (Å²) in [4.78, 5) is 16.6. The van der Waals surface area contributed by atoms with E-state index in [4.69, 9.17) is 9.31 Å². The van der Waals surface area contributed by atoms with Gasteiger partial charge in [0.2, 0.25) is 0 Å². The van der Waals surface area contributed by atoms with Crippen molar-refractivity contribution in [2.24, 2.45) is 0 Å². The molecule has 0 bridgehead atoms. The first kappa shape index (κ1) is 18.2. The van der Waals surface area contributed by atoms with Crippen LogP contribution in [0.15, 0.2) is 65.7 Å². The zero-order valence-corrected chi connectivity index (χ0v) is 17.0. The van der Waals surface area contributed by atoms with Gasteiger partial charge in [-0.05, 0) is 68.9 Å². The standard InChI is InChI=1S/C23H23BN2O3/c1-22(2)23(3,4)29-24(28-22)16-9-8-15-11-13-26(21(27)18(15)14-16)20-7-5-6-19-17(20)10-12-25-19/h5-14,25H,1-4H3. The van der Waals surface area contributed by atoms with Gasteiger partial charge in [0.1, 0.15) is 0 Å². The predicted octanol–water partition coefficient (Wildman–Crippen LogP) is 3.77. The third-order valence-electron chi connectivity index (χ3n) is 6.29. The summed E-state index contributed by atoms with van der Waals surface area (Å²) in [5, 5.41) is 2.55. The molecular formula is C23H23BN2O3. The Labute approximate surface area is 169 Å². The molecule has 29 heavy (non-hydrogen) atoms. The van der Waals surface area contributed by atoms with Gasteiger partial charge in [0.05, 0.1) is 16.9 Å². The molecule has 3 heterocycles. The average Bonchev–Trinajstić information content (AvgIpc) is 3.24. The predicted molar refractivity (Wildman–Crippen MR) is 117 cm³/mol. The topological polar surface area (TPSA) is 56.2 Å². The maximum atomic E-state index is 13.4. The van der Waals surface area contributed by atoms with Crippen LogP contribution in [0.1, 0.15) is 27.7 Å². The summed E-state index contributed by atoms with van der Waals surface area (Å²) < 4.78 is 14.0. The molecule has 1 fully saturated rings. The van der Waals surface area contributed by atoms with Gasteiger partial charge < -0.3 is 14.3 Å². The van der Waals surface area contributed by atoms with Gasteiger partial charge in [0, 0.05) is 28.7 Å². The van der Waals surface area contributed by atoms with E-state index >= 15 is 0 Å². The molecule has 6 heteroatoms. The maximum Gasteiger partial charge on any atom is 0.494 e. The summed E-state index contributed by atoms with van der Waals surface area (Å²) in [7, 11) is -0.495. The van der Waals surface area contributed by atoms with Gasteiger partial charge in [-0.15, -0.1) is 0 Å². The fourth-order valence-electron chi connectivity index (χ4n) is 3.85. The number of aromatic nitrogens is 2. The molecule has 0 radical (unpaired) electrons. The monoisotopic (exact) mass is 386 g/mol. The van der Waals surface area contributed by atoms with Crippen LogP contribution in [-0.4, -0.2) is 27.9 Å². The Kier molecular flexibility index (Phi) is 3.82. The molecule has 146 valence electrons. The molecule has 1 aliphatic heterocycles. The van der Waals surface area contributed by atoms with E-state index in [1.807, 2.05) is 88.6 Å². The highest BCUT2D eigenvalue weighted by atomic mass is 16.7. The lowest BCUT2D eigenvalue weighted by Crippen LogP contribution is -2.41. The van der Waals surface area contributed by atoms with Crippen molar-refractivity contribution in [1.29, 1.82) is 0 Å². The number of rotatable bonds is 2. The van der Waals surface area contributed by atoms with E-state index in [-0.39, 0.29) is 5.56 Å². The molecule has 0 amide bonds. The minimum absolute atomic E-state index is 0.0606. The molecule has 1 aliphatic rings. The van der Waals surface area contributed by atoms with Crippen LogP contribution in [0.3, 0.4) is 0 Å². The molecule has 0 unspecified atom stereocenters. The van der Waals surface area contributed by atoms with Crippen LogP contribution in [0.25, 0.3) is 27.4 Å². The van der Waals surface area contributed by atoms with Gasteiger partial charge in [-0.1, -0.05) is 18.2 Å². The van der Waals surface area contributed by atoms with Crippen molar-refractivity contribution in [1.82, 2.24) is 9.55 Å². The number of fused-ring (bicyclic) bond motifs is 2. The van der Waals surface area contributed by atoms with Crippen LogP contribution in [0.4, 0.5) is 0 Å². The third-order valence-corrected chi connectivity index (χ3v) is 6.29. The van der Waals surface area contributed by atoms with Crippen LogP contribution < -0.4 is 11.0 Å². The quantitative estimate of drug-likeness (QED) is 0.534. The van der Waals surface area contributed by atoms with E-state index in [0.717, 1.165) is 27.4 Å². The van der Waals surface area contributed by atoms with E-state index in [1.165, 1.54) is 0 Å². The minimum Gasteiger partial charge on any atom is -0.399 e. The molecule has 2 aromatic heterocycles. The van der Waals surface area contributed by atoms with E-state index in [9.17, 15) is 4.79 Å². The molecule has 2 aromatic carbocycles. The number of H-pyrrole nitrogens is 1. The minimum atomic E-state index is -0.495. The smallest absolute Gasteiger partial charge is 0.399 e. The van der Waals surface area contributed by atoms with Crippen LogP contribution in [0.2, 0.25) is 0 Å². The molecule has 5 nitrogen and oxygen atoms in total. The van der Waals surface area contributed by atoms with Crippen LogP contribution in [-0.2, 0) is 9.31 Å². The Morgan fingerprint density at radius 1 is 0.931 bits per heavy atom. The van der Waals surface area contributed by atoms with E-state index in [0.29, 0.717) is 5.39 Å². The number of pyridine rings is 1. The summed E-state index contributed by atoms with van der Waals surface area (Å²) in [5.41, 5.74) is 1.80. The molecule has 0 spiro atoms. The highest BCUT2D eigenvalue weighted by Gasteiger charge is 2.51. The summed E-state index contributed by atoms with van der Waals surface area (Å²) in [6, 6.07) is 15.7. The number of nitrogens with zero attached hydrogens (tertiary/aromatic N) is 1.